The van der Waals surface area contributed by atoms with Gasteiger partial charge in [0, 0.05) is 37.1 Å². The van der Waals surface area contributed by atoms with Gasteiger partial charge in [-0.25, -0.2) is 9.37 Å². The minimum atomic E-state index is -1.07. The molecule has 0 spiro atoms. The van der Waals surface area contributed by atoms with E-state index in [0.29, 0.717) is 17.9 Å². The maximum atomic E-state index is 13.4. The second-order valence-electron chi connectivity index (χ2n) is 6.48. The van der Waals surface area contributed by atoms with Gasteiger partial charge in [-0.1, -0.05) is 0 Å². The number of hydrogen-bond acceptors (Lipinski definition) is 6. The van der Waals surface area contributed by atoms with Crippen molar-refractivity contribution in [1.29, 1.82) is 5.26 Å². The number of aromatic nitrogens is 1. The zero-order chi connectivity index (χ0) is 16.0. The summed E-state index contributed by atoms with van der Waals surface area (Å²) in [6.45, 7) is 2.19. The Kier molecular flexibility index (Phi) is 3.70. The van der Waals surface area contributed by atoms with E-state index in [4.69, 9.17) is 5.26 Å². The van der Waals surface area contributed by atoms with Crippen molar-refractivity contribution in [2.75, 3.05) is 31.1 Å². The molecule has 2 unspecified atom stereocenters. The van der Waals surface area contributed by atoms with Crippen LogP contribution in [-0.2, 0) is 4.79 Å². The molecule has 4 atom stereocenters. The van der Waals surface area contributed by atoms with Crippen LogP contribution in [0.15, 0.2) is 11.6 Å². The lowest BCUT2D eigenvalue weighted by Crippen LogP contribution is -2.42. The molecule has 6 nitrogen and oxygen atoms in total. The number of hydrogen-bond donors (Lipinski definition) is 1. The number of piperidine rings is 1. The Bertz CT molecular complexity index is 620. The number of fused-ring (bicyclic) bond motifs is 1. The maximum absolute atomic E-state index is 13.4. The minimum Gasteiger partial charge on any atom is -0.347 e. The molecule has 23 heavy (non-hydrogen) atoms. The van der Waals surface area contributed by atoms with Crippen molar-refractivity contribution in [3.8, 4) is 6.07 Å². The number of thiazole rings is 1. The normalized spacial score (nSPS) is 35.2. The fourth-order valence-electron chi connectivity index (χ4n) is 3.85. The summed E-state index contributed by atoms with van der Waals surface area (Å²) in [7, 11) is 0. The van der Waals surface area contributed by atoms with Gasteiger partial charge in [0.15, 0.2) is 5.13 Å². The summed E-state index contributed by atoms with van der Waals surface area (Å²) in [5.41, 5.74) is 0. The third-order valence-corrected chi connectivity index (χ3v) is 5.92. The second-order valence-corrected chi connectivity index (χ2v) is 7.35. The quantitative estimate of drug-likeness (QED) is 0.874. The van der Waals surface area contributed by atoms with E-state index in [9.17, 15) is 9.18 Å². The van der Waals surface area contributed by atoms with Crippen LogP contribution in [0.2, 0.25) is 0 Å². The number of rotatable bonds is 4. The SMILES string of the molecule is N#C[C@@H]1C[C@H](F)CN1C(=O)CNC1C2CN(c3nccs3)CC21. The molecular weight excluding hydrogens is 317 g/mol. The molecular formula is C15H18FN5OS. The standard InChI is InChI=1S/C15H18FN5OS/c16-9-3-10(4-17)21(6-9)13(22)5-19-14-11-7-20(8-12(11)14)15-18-1-2-23-15/h1-2,9-12,14,19H,3,5-8H2/t9-,10-,11?,12?,14?/m0/s1. The van der Waals surface area contributed by atoms with Gasteiger partial charge in [-0.3, -0.25) is 4.79 Å². The van der Waals surface area contributed by atoms with Crippen molar-refractivity contribution >= 4 is 22.4 Å². The summed E-state index contributed by atoms with van der Waals surface area (Å²) in [6, 6.07) is 1.76. The van der Waals surface area contributed by atoms with Gasteiger partial charge < -0.3 is 15.1 Å². The van der Waals surface area contributed by atoms with E-state index in [1.54, 1.807) is 11.3 Å². The Labute approximate surface area is 137 Å². The third kappa shape index (κ3) is 2.68. The van der Waals surface area contributed by atoms with Crippen molar-refractivity contribution in [3.05, 3.63) is 11.6 Å². The summed E-state index contributed by atoms with van der Waals surface area (Å²) in [6.07, 6.45) is 0.883. The van der Waals surface area contributed by atoms with Gasteiger partial charge in [-0.2, -0.15) is 5.26 Å². The average molecular weight is 335 g/mol. The molecule has 4 rings (SSSR count). The predicted molar refractivity (Wildman–Crippen MR) is 83.7 cm³/mol. The van der Waals surface area contributed by atoms with Crippen LogP contribution in [-0.4, -0.2) is 60.2 Å². The van der Waals surface area contributed by atoms with Crippen molar-refractivity contribution in [1.82, 2.24) is 15.2 Å². The summed E-state index contributed by atoms with van der Waals surface area (Å²) >= 11 is 1.65. The van der Waals surface area contributed by atoms with Crippen LogP contribution < -0.4 is 10.2 Å². The van der Waals surface area contributed by atoms with Gasteiger partial charge in [-0.15, -0.1) is 11.3 Å². The Hall–Kier alpha value is -1.72. The van der Waals surface area contributed by atoms with Crippen LogP contribution in [0, 0.1) is 23.2 Å². The molecule has 122 valence electrons. The smallest absolute Gasteiger partial charge is 0.237 e. The number of nitrogens with zero attached hydrogens (tertiary/aromatic N) is 4. The Morgan fingerprint density at radius 1 is 1.48 bits per heavy atom. The molecule has 0 bridgehead atoms. The number of nitrogens with one attached hydrogen (secondary N) is 1. The Balaban J connectivity index is 1.25. The number of alkyl halides is 1. The van der Waals surface area contributed by atoms with E-state index < -0.39 is 12.2 Å². The molecule has 3 heterocycles. The number of amides is 1. The first-order valence-electron chi connectivity index (χ1n) is 7.88. The summed E-state index contributed by atoms with van der Waals surface area (Å²) in [5, 5.41) is 15.3. The molecule has 0 radical (unpaired) electrons. The largest absolute Gasteiger partial charge is 0.347 e. The van der Waals surface area contributed by atoms with Gasteiger partial charge in [0.25, 0.3) is 0 Å². The molecule has 3 aliphatic rings. The average Bonchev–Trinajstić information content (AvgIpc) is 3.06. The van der Waals surface area contributed by atoms with Crippen molar-refractivity contribution in [2.24, 2.45) is 11.8 Å². The van der Waals surface area contributed by atoms with E-state index in [1.807, 2.05) is 17.6 Å². The van der Waals surface area contributed by atoms with Crippen molar-refractivity contribution in [2.45, 2.75) is 24.7 Å². The van der Waals surface area contributed by atoms with Gasteiger partial charge >= 0.3 is 0 Å². The zero-order valence-electron chi connectivity index (χ0n) is 12.6. The summed E-state index contributed by atoms with van der Waals surface area (Å²) < 4.78 is 13.4. The summed E-state index contributed by atoms with van der Waals surface area (Å²) in [4.78, 5) is 20.2. The first-order valence-corrected chi connectivity index (χ1v) is 8.76. The van der Waals surface area contributed by atoms with E-state index >= 15 is 0 Å². The number of carbonyl (C=O) groups is 1. The van der Waals surface area contributed by atoms with Crippen LogP contribution in [0.25, 0.3) is 0 Å². The lowest BCUT2D eigenvalue weighted by molar-refractivity contribution is -0.130. The summed E-state index contributed by atoms with van der Waals surface area (Å²) in [5.74, 6) is 0.954. The molecule has 8 heteroatoms. The third-order valence-electron chi connectivity index (χ3n) is 5.09. The highest BCUT2D eigenvalue weighted by molar-refractivity contribution is 7.13. The number of nitriles is 1. The van der Waals surface area contributed by atoms with Crippen molar-refractivity contribution in [3.63, 3.8) is 0 Å². The van der Waals surface area contributed by atoms with Crippen LogP contribution in [0.4, 0.5) is 9.52 Å². The number of halogens is 1. The van der Waals surface area contributed by atoms with Crippen LogP contribution in [0.3, 0.4) is 0 Å². The number of anilines is 1. The molecule has 2 saturated heterocycles. The predicted octanol–water partition coefficient (Wildman–Crippen LogP) is 0.630. The molecule has 2 aliphatic heterocycles. The Morgan fingerprint density at radius 2 is 2.26 bits per heavy atom. The highest BCUT2D eigenvalue weighted by Gasteiger charge is 2.56. The molecule has 1 aliphatic carbocycles. The molecule has 3 fully saturated rings. The van der Waals surface area contributed by atoms with E-state index in [-0.39, 0.29) is 25.4 Å². The minimum absolute atomic E-state index is 0.0497. The van der Waals surface area contributed by atoms with Crippen LogP contribution in [0.5, 0.6) is 0 Å². The fraction of sp³-hybridized carbons (Fsp3) is 0.667. The van der Waals surface area contributed by atoms with Gasteiger partial charge in [0.05, 0.1) is 19.2 Å². The monoisotopic (exact) mass is 335 g/mol. The maximum Gasteiger partial charge on any atom is 0.237 e. The van der Waals surface area contributed by atoms with E-state index in [2.05, 4.69) is 15.2 Å². The Morgan fingerprint density at radius 3 is 2.91 bits per heavy atom. The second kappa shape index (κ2) is 5.73. The van der Waals surface area contributed by atoms with Crippen LogP contribution >= 0.6 is 11.3 Å². The van der Waals surface area contributed by atoms with Gasteiger partial charge in [0.2, 0.25) is 5.91 Å². The van der Waals surface area contributed by atoms with E-state index in [0.717, 1.165) is 18.2 Å². The van der Waals surface area contributed by atoms with Gasteiger partial charge in [0.1, 0.15) is 12.2 Å². The molecule has 0 aromatic carbocycles. The lowest BCUT2D eigenvalue weighted by Gasteiger charge is -2.21. The number of likely N-dealkylation sites (tertiary alicyclic amines) is 1. The zero-order valence-corrected chi connectivity index (χ0v) is 13.4. The van der Waals surface area contributed by atoms with Crippen molar-refractivity contribution < 1.29 is 9.18 Å². The first-order chi connectivity index (χ1) is 11.2. The highest BCUT2D eigenvalue weighted by atomic mass is 32.1. The van der Waals surface area contributed by atoms with Gasteiger partial charge in [-0.05, 0) is 11.8 Å². The molecule has 1 amide bonds. The van der Waals surface area contributed by atoms with Crippen LogP contribution in [0.1, 0.15) is 6.42 Å². The molecule has 1 aromatic heterocycles. The fourth-order valence-corrected chi connectivity index (χ4v) is 4.51. The molecule has 1 aromatic rings. The highest BCUT2D eigenvalue weighted by Crippen LogP contribution is 2.46. The van der Waals surface area contributed by atoms with E-state index in [1.165, 1.54) is 4.90 Å². The first kappa shape index (κ1) is 14.8. The topological polar surface area (TPSA) is 72.3 Å². The number of carbonyl (C=O) groups excluding carboxylic acids is 1. The lowest BCUT2D eigenvalue weighted by atomic mass is 10.2. The molecule has 1 N–H and O–H groups in total. The molecule has 1 saturated carbocycles.